The maximum absolute atomic E-state index is 13.9. The Morgan fingerprint density at radius 2 is 1.56 bits per heavy atom. The summed E-state index contributed by atoms with van der Waals surface area (Å²) in [5.41, 5.74) is 1.10. The Morgan fingerprint density at radius 3 is 2.15 bits per heavy atom. The van der Waals surface area contributed by atoms with E-state index >= 15 is 0 Å². The van der Waals surface area contributed by atoms with Gasteiger partial charge in [0.1, 0.15) is 24.1 Å². The summed E-state index contributed by atoms with van der Waals surface area (Å²) >= 11 is 6.06. The van der Waals surface area contributed by atoms with Gasteiger partial charge in [-0.2, -0.15) is 0 Å². The number of ether oxygens (including phenoxy) is 1. The minimum atomic E-state index is -3.84. The van der Waals surface area contributed by atoms with E-state index in [1.54, 1.807) is 48.5 Å². The standard InChI is InChI=1S/C31H36ClN3O5S/c1-3-29(31(37)33-25-9-7-8-10-25)34(21-23-13-15-24(32)16-14-23)30(36)22-35(41(2,38)39)26-17-19-28(20-18-26)40-27-11-5-4-6-12-27/h4-6,11-20,25,29H,3,7-10,21-22H2,1-2H3,(H,33,37)/t29-/m0/s1. The van der Waals surface area contributed by atoms with Gasteiger partial charge in [-0.15, -0.1) is 0 Å². The van der Waals surface area contributed by atoms with Crippen molar-refractivity contribution < 1.29 is 22.7 Å². The number of para-hydroxylation sites is 1. The highest BCUT2D eigenvalue weighted by atomic mass is 35.5. The quantitative estimate of drug-likeness (QED) is 0.286. The van der Waals surface area contributed by atoms with Crippen LogP contribution >= 0.6 is 11.6 Å². The zero-order valence-corrected chi connectivity index (χ0v) is 24.9. The van der Waals surface area contributed by atoms with Gasteiger partial charge in [0.25, 0.3) is 0 Å². The van der Waals surface area contributed by atoms with Crippen LogP contribution in [0.4, 0.5) is 5.69 Å². The number of nitrogens with one attached hydrogen (secondary N) is 1. The summed E-state index contributed by atoms with van der Waals surface area (Å²) in [6.45, 7) is 1.52. The number of nitrogens with zero attached hydrogens (tertiary/aromatic N) is 2. The highest BCUT2D eigenvalue weighted by Crippen LogP contribution is 2.26. The molecule has 0 heterocycles. The van der Waals surface area contributed by atoms with Gasteiger partial charge in [-0.05, 0) is 73.4 Å². The first-order valence-corrected chi connectivity index (χ1v) is 16.0. The Morgan fingerprint density at radius 1 is 0.951 bits per heavy atom. The van der Waals surface area contributed by atoms with E-state index in [-0.39, 0.29) is 18.5 Å². The van der Waals surface area contributed by atoms with Crippen LogP contribution in [0.3, 0.4) is 0 Å². The second-order valence-electron chi connectivity index (χ2n) is 10.2. The Hall–Kier alpha value is -3.56. The number of carbonyl (C=O) groups is 2. The second-order valence-corrected chi connectivity index (χ2v) is 12.6. The molecule has 1 fully saturated rings. The third-order valence-electron chi connectivity index (χ3n) is 7.14. The van der Waals surface area contributed by atoms with Gasteiger partial charge in [0.15, 0.2) is 0 Å². The number of hydrogen-bond acceptors (Lipinski definition) is 5. The Bertz CT molecular complexity index is 1410. The highest BCUT2D eigenvalue weighted by molar-refractivity contribution is 7.92. The van der Waals surface area contributed by atoms with Gasteiger partial charge >= 0.3 is 0 Å². The van der Waals surface area contributed by atoms with E-state index in [4.69, 9.17) is 16.3 Å². The summed E-state index contributed by atoms with van der Waals surface area (Å²) in [4.78, 5) is 28.7. The van der Waals surface area contributed by atoms with Crippen molar-refractivity contribution in [2.45, 2.75) is 57.7 Å². The number of sulfonamides is 1. The Labute approximate surface area is 247 Å². The normalized spacial score (nSPS) is 14.3. The maximum Gasteiger partial charge on any atom is 0.244 e. The minimum Gasteiger partial charge on any atom is -0.457 e. The number of hydrogen-bond donors (Lipinski definition) is 1. The van der Waals surface area contributed by atoms with Crippen LogP contribution in [0.1, 0.15) is 44.6 Å². The van der Waals surface area contributed by atoms with Gasteiger partial charge in [0, 0.05) is 17.6 Å². The molecule has 0 aliphatic heterocycles. The topological polar surface area (TPSA) is 96.0 Å². The molecule has 218 valence electrons. The molecule has 1 aliphatic carbocycles. The number of halogens is 1. The molecule has 1 atom stereocenters. The van der Waals surface area contributed by atoms with E-state index in [0.717, 1.165) is 41.8 Å². The molecule has 0 saturated heterocycles. The predicted molar refractivity (Wildman–Crippen MR) is 162 cm³/mol. The Kier molecular flexibility index (Phi) is 10.3. The van der Waals surface area contributed by atoms with Gasteiger partial charge in [0.2, 0.25) is 21.8 Å². The lowest BCUT2D eigenvalue weighted by molar-refractivity contribution is -0.140. The monoisotopic (exact) mass is 597 g/mol. The molecule has 41 heavy (non-hydrogen) atoms. The molecule has 4 rings (SSSR count). The molecule has 1 N–H and O–H groups in total. The Balaban J connectivity index is 1.58. The van der Waals surface area contributed by atoms with E-state index in [0.29, 0.717) is 28.6 Å². The van der Waals surface area contributed by atoms with Gasteiger partial charge in [-0.3, -0.25) is 13.9 Å². The highest BCUT2D eigenvalue weighted by Gasteiger charge is 2.33. The van der Waals surface area contributed by atoms with Crippen LogP contribution in [-0.2, 0) is 26.2 Å². The summed E-state index contributed by atoms with van der Waals surface area (Å²) in [5.74, 6) is 0.465. The fourth-order valence-corrected chi connectivity index (χ4v) is 5.97. The van der Waals surface area contributed by atoms with Crippen LogP contribution in [-0.4, -0.2) is 50.0 Å². The summed E-state index contributed by atoms with van der Waals surface area (Å²) in [6, 6.07) is 22.1. The molecular weight excluding hydrogens is 562 g/mol. The van der Waals surface area contributed by atoms with E-state index < -0.39 is 28.5 Å². The first-order chi connectivity index (χ1) is 19.6. The van der Waals surface area contributed by atoms with Crippen LogP contribution in [0, 0.1) is 0 Å². The summed E-state index contributed by atoms with van der Waals surface area (Å²) < 4.78 is 32.7. The number of rotatable bonds is 12. The third-order valence-corrected chi connectivity index (χ3v) is 8.53. The van der Waals surface area contributed by atoms with Gasteiger partial charge in [-0.1, -0.05) is 61.7 Å². The maximum atomic E-state index is 13.9. The lowest BCUT2D eigenvalue weighted by Crippen LogP contribution is -2.53. The average Bonchev–Trinajstić information content (AvgIpc) is 3.46. The molecule has 3 aromatic carbocycles. The van der Waals surface area contributed by atoms with Crippen LogP contribution in [0.2, 0.25) is 5.02 Å². The molecule has 0 aromatic heterocycles. The van der Waals surface area contributed by atoms with Crippen LogP contribution < -0.4 is 14.4 Å². The zero-order chi connectivity index (χ0) is 29.4. The van der Waals surface area contributed by atoms with Crippen molar-refractivity contribution in [1.29, 1.82) is 0 Å². The number of anilines is 1. The molecule has 0 spiro atoms. The van der Waals surface area contributed by atoms with Crippen molar-refractivity contribution in [3.8, 4) is 11.5 Å². The van der Waals surface area contributed by atoms with E-state index in [9.17, 15) is 18.0 Å². The van der Waals surface area contributed by atoms with Crippen molar-refractivity contribution in [3.63, 3.8) is 0 Å². The summed E-state index contributed by atoms with van der Waals surface area (Å²) in [7, 11) is -3.84. The van der Waals surface area contributed by atoms with Crippen LogP contribution in [0.25, 0.3) is 0 Å². The van der Waals surface area contributed by atoms with Gasteiger partial charge in [0.05, 0.1) is 11.9 Å². The average molecular weight is 598 g/mol. The van der Waals surface area contributed by atoms with Crippen LogP contribution in [0.15, 0.2) is 78.9 Å². The molecule has 8 nitrogen and oxygen atoms in total. The molecule has 0 radical (unpaired) electrons. The molecule has 10 heteroatoms. The molecule has 0 unspecified atom stereocenters. The van der Waals surface area contributed by atoms with Crippen LogP contribution in [0.5, 0.6) is 11.5 Å². The molecular formula is C31H36ClN3O5S. The molecule has 0 bridgehead atoms. The molecule has 1 saturated carbocycles. The lowest BCUT2D eigenvalue weighted by atomic mass is 10.1. The fraction of sp³-hybridized carbons (Fsp3) is 0.355. The first kappa shape index (κ1) is 30.4. The summed E-state index contributed by atoms with van der Waals surface area (Å²) in [6.07, 6.45) is 5.39. The SMILES string of the molecule is CC[C@@H](C(=O)NC1CCCC1)N(Cc1ccc(Cl)cc1)C(=O)CN(c1ccc(Oc2ccccc2)cc1)S(C)(=O)=O. The molecule has 2 amide bonds. The lowest BCUT2D eigenvalue weighted by Gasteiger charge is -2.33. The smallest absolute Gasteiger partial charge is 0.244 e. The van der Waals surface area contributed by atoms with Crippen molar-refractivity contribution in [1.82, 2.24) is 10.2 Å². The van der Waals surface area contributed by atoms with Crippen molar-refractivity contribution in [3.05, 3.63) is 89.4 Å². The van der Waals surface area contributed by atoms with E-state index in [1.807, 2.05) is 37.3 Å². The number of benzene rings is 3. The third kappa shape index (κ3) is 8.47. The van der Waals surface area contributed by atoms with Gasteiger partial charge < -0.3 is 15.0 Å². The zero-order valence-electron chi connectivity index (χ0n) is 23.3. The fourth-order valence-electron chi connectivity index (χ4n) is 4.99. The molecule has 1 aliphatic rings. The van der Waals surface area contributed by atoms with Crippen molar-refractivity contribution in [2.24, 2.45) is 0 Å². The molecule has 3 aromatic rings. The van der Waals surface area contributed by atoms with E-state index in [2.05, 4.69) is 5.32 Å². The van der Waals surface area contributed by atoms with Crippen molar-refractivity contribution in [2.75, 3.05) is 17.1 Å². The minimum absolute atomic E-state index is 0.0909. The predicted octanol–water partition coefficient (Wildman–Crippen LogP) is 5.76. The van der Waals surface area contributed by atoms with Crippen molar-refractivity contribution >= 4 is 39.1 Å². The van der Waals surface area contributed by atoms with Gasteiger partial charge in [-0.25, -0.2) is 8.42 Å². The first-order valence-electron chi connectivity index (χ1n) is 13.8. The largest absolute Gasteiger partial charge is 0.457 e. The number of carbonyl (C=O) groups excluding carboxylic acids is 2. The number of amides is 2. The second kappa shape index (κ2) is 13.9. The summed E-state index contributed by atoms with van der Waals surface area (Å²) in [5, 5.41) is 3.66. The van der Waals surface area contributed by atoms with E-state index in [1.165, 1.54) is 4.90 Å².